The maximum absolute atomic E-state index is 11.3. The molecule has 0 aliphatic heterocycles. The molecule has 2 aromatic heterocycles. The third-order valence-corrected chi connectivity index (χ3v) is 12.0. The number of nitriles is 1. The Morgan fingerprint density at radius 2 is 0.969 bits per heavy atom. The molecule has 0 spiro atoms. The van der Waals surface area contributed by atoms with Crippen LogP contribution >= 0.6 is 0 Å². The van der Waals surface area contributed by atoms with Crippen LogP contribution in [0.15, 0.2) is 194 Å². The Morgan fingerprint density at radius 3 is 1.56 bits per heavy atom. The Balaban J connectivity index is 1.14. The second-order valence-corrected chi connectivity index (χ2v) is 16.3. The molecule has 3 unspecified atom stereocenters. The minimum atomic E-state index is -0.0393. The van der Waals surface area contributed by atoms with Crippen LogP contribution in [0, 0.1) is 23.2 Å². The maximum atomic E-state index is 11.3. The quantitative estimate of drug-likeness (QED) is 0.143. The number of hydrogen-bond acceptors (Lipinski definition) is 7. The van der Waals surface area contributed by atoms with E-state index in [-0.39, 0.29) is 11.8 Å². The SMILES string of the molecule is CC1C=CC=C(c2nc(-c3ccccc3)nc(-c3ccccc3-c3cccc(C4=CC(c5nc(-c6ccccc6)nc(-c6ccccc6)n5)=CC(c5ccccc5)C4C)c3C#N)n2)C1. The molecule has 0 amide bonds. The fraction of sp³-hybridized carbons (Fsp3) is 0.105. The van der Waals surface area contributed by atoms with Gasteiger partial charge in [-0.1, -0.05) is 202 Å². The first kappa shape index (κ1) is 39.9. The lowest BCUT2D eigenvalue weighted by molar-refractivity contribution is 0.654. The second-order valence-electron chi connectivity index (χ2n) is 16.3. The monoisotopic (exact) mass is 825 g/mol. The summed E-state index contributed by atoms with van der Waals surface area (Å²) in [6.45, 7) is 4.44. The number of aromatic nitrogens is 6. The van der Waals surface area contributed by atoms with E-state index in [0.29, 0.717) is 46.4 Å². The van der Waals surface area contributed by atoms with Crippen molar-refractivity contribution < 1.29 is 0 Å². The molecule has 0 saturated heterocycles. The third kappa shape index (κ3) is 8.01. The van der Waals surface area contributed by atoms with E-state index in [4.69, 9.17) is 29.9 Å². The molecule has 3 atom stereocenters. The zero-order valence-electron chi connectivity index (χ0n) is 35.5. The number of allylic oxidation sites excluding steroid dienone is 8. The number of nitrogens with zero attached hydrogens (tertiary/aromatic N) is 7. The molecule has 0 fully saturated rings. The summed E-state index contributed by atoms with van der Waals surface area (Å²) in [6, 6.07) is 57.5. The highest BCUT2D eigenvalue weighted by molar-refractivity contribution is 5.92. The Labute approximate surface area is 373 Å². The van der Waals surface area contributed by atoms with Gasteiger partial charge in [0, 0.05) is 39.3 Å². The first-order valence-corrected chi connectivity index (χ1v) is 21.7. The van der Waals surface area contributed by atoms with E-state index in [2.05, 4.69) is 86.7 Å². The van der Waals surface area contributed by atoms with Gasteiger partial charge in [-0.15, -0.1) is 0 Å². The highest BCUT2D eigenvalue weighted by atomic mass is 15.0. The van der Waals surface area contributed by atoms with E-state index in [0.717, 1.165) is 67.6 Å². The molecule has 10 rings (SSSR count). The van der Waals surface area contributed by atoms with Crippen molar-refractivity contribution >= 4 is 16.7 Å². The third-order valence-electron chi connectivity index (χ3n) is 12.0. The highest BCUT2D eigenvalue weighted by Gasteiger charge is 2.30. The summed E-state index contributed by atoms with van der Waals surface area (Å²) in [4.78, 5) is 30.5. The van der Waals surface area contributed by atoms with Crippen LogP contribution in [0.1, 0.15) is 54.5 Å². The molecule has 2 heterocycles. The molecule has 0 N–H and O–H groups in total. The highest BCUT2D eigenvalue weighted by Crippen LogP contribution is 2.46. The van der Waals surface area contributed by atoms with Gasteiger partial charge in [0.05, 0.1) is 5.56 Å². The lowest BCUT2D eigenvalue weighted by Crippen LogP contribution is -2.16. The topological polar surface area (TPSA) is 101 Å². The summed E-state index contributed by atoms with van der Waals surface area (Å²) >= 11 is 0. The van der Waals surface area contributed by atoms with Gasteiger partial charge >= 0.3 is 0 Å². The first-order chi connectivity index (χ1) is 31.5. The van der Waals surface area contributed by atoms with Gasteiger partial charge < -0.3 is 0 Å². The number of hydrogen-bond donors (Lipinski definition) is 0. The van der Waals surface area contributed by atoms with Crippen molar-refractivity contribution in [1.82, 2.24) is 29.9 Å². The van der Waals surface area contributed by atoms with Crippen molar-refractivity contribution in [1.29, 1.82) is 5.26 Å². The van der Waals surface area contributed by atoms with Crippen molar-refractivity contribution in [2.45, 2.75) is 26.2 Å². The van der Waals surface area contributed by atoms with E-state index < -0.39 is 0 Å². The minimum absolute atomic E-state index is 0.00695. The van der Waals surface area contributed by atoms with Crippen molar-refractivity contribution in [3.63, 3.8) is 0 Å². The van der Waals surface area contributed by atoms with Crippen molar-refractivity contribution in [3.8, 4) is 62.7 Å². The predicted molar refractivity (Wildman–Crippen MR) is 257 cm³/mol. The van der Waals surface area contributed by atoms with Crippen LogP contribution in [0.3, 0.4) is 0 Å². The summed E-state index contributed by atoms with van der Waals surface area (Å²) in [7, 11) is 0. The van der Waals surface area contributed by atoms with Gasteiger partial charge in [0.1, 0.15) is 6.07 Å². The van der Waals surface area contributed by atoms with Crippen LogP contribution in [-0.4, -0.2) is 29.9 Å². The standard InChI is InChI=1S/C57H43N7/c1-37-19-17-28-43(33-37)55-60-54(42-26-13-6-14-27-42)63-57(64-55)48-30-16-15-29-45(48)46-31-18-32-47(51(46)36-58)50-35-44(34-49(38(50)2)39-20-7-3-8-21-39)56-61-52(40-22-9-4-10-23-40)59-53(62-56)41-24-11-5-12-25-41/h3-32,34-35,37-38,49H,33H2,1-2H3. The molecule has 306 valence electrons. The van der Waals surface area contributed by atoms with Gasteiger partial charge in [-0.2, -0.15) is 5.26 Å². The molecule has 8 aromatic rings. The van der Waals surface area contributed by atoms with Gasteiger partial charge in [-0.25, -0.2) is 29.9 Å². The molecule has 6 aromatic carbocycles. The summed E-state index contributed by atoms with van der Waals surface area (Å²) < 4.78 is 0. The lowest BCUT2D eigenvalue weighted by atomic mass is 9.73. The molecule has 64 heavy (non-hydrogen) atoms. The minimum Gasteiger partial charge on any atom is -0.209 e. The van der Waals surface area contributed by atoms with Gasteiger partial charge in [-0.3, -0.25) is 0 Å². The van der Waals surface area contributed by atoms with E-state index in [1.54, 1.807) is 0 Å². The Kier molecular flexibility index (Phi) is 11.0. The van der Waals surface area contributed by atoms with Crippen molar-refractivity contribution in [2.24, 2.45) is 11.8 Å². The summed E-state index contributed by atoms with van der Waals surface area (Å²) in [5.74, 6) is 3.87. The zero-order valence-corrected chi connectivity index (χ0v) is 35.5. The molecular formula is C57H43N7. The largest absolute Gasteiger partial charge is 0.209 e. The number of benzene rings is 6. The predicted octanol–water partition coefficient (Wildman–Crippen LogP) is 13.1. The van der Waals surface area contributed by atoms with Crippen LogP contribution in [0.25, 0.3) is 73.4 Å². The molecule has 0 saturated carbocycles. The Morgan fingerprint density at radius 1 is 0.484 bits per heavy atom. The Hall–Kier alpha value is -8.21. The molecule has 0 radical (unpaired) electrons. The average molecular weight is 826 g/mol. The Bertz CT molecular complexity index is 3110. The average Bonchev–Trinajstić information content (AvgIpc) is 3.37. The second kappa shape index (κ2) is 17.6. The lowest BCUT2D eigenvalue weighted by Gasteiger charge is -2.30. The van der Waals surface area contributed by atoms with Gasteiger partial charge in [0.2, 0.25) is 0 Å². The van der Waals surface area contributed by atoms with Gasteiger partial charge in [0.15, 0.2) is 34.9 Å². The van der Waals surface area contributed by atoms with Crippen LogP contribution in [-0.2, 0) is 0 Å². The van der Waals surface area contributed by atoms with Crippen LogP contribution in [0.4, 0.5) is 0 Å². The zero-order chi connectivity index (χ0) is 43.4. The molecular weight excluding hydrogens is 783 g/mol. The fourth-order valence-corrected chi connectivity index (χ4v) is 8.76. The summed E-state index contributed by atoms with van der Waals surface area (Å²) in [5.41, 5.74) is 10.7. The van der Waals surface area contributed by atoms with Crippen LogP contribution in [0.2, 0.25) is 0 Å². The van der Waals surface area contributed by atoms with Crippen LogP contribution < -0.4 is 0 Å². The van der Waals surface area contributed by atoms with E-state index in [1.165, 1.54) is 0 Å². The van der Waals surface area contributed by atoms with Crippen LogP contribution in [0.5, 0.6) is 0 Å². The van der Waals surface area contributed by atoms with E-state index in [1.807, 2.05) is 127 Å². The van der Waals surface area contributed by atoms with E-state index in [9.17, 15) is 5.26 Å². The first-order valence-electron chi connectivity index (χ1n) is 21.7. The molecule has 0 bridgehead atoms. The van der Waals surface area contributed by atoms with Crippen molar-refractivity contribution in [2.75, 3.05) is 0 Å². The normalized spacial score (nSPS) is 16.9. The van der Waals surface area contributed by atoms with E-state index >= 15 is 0 Å². The summed E-state index contributed by atoms with van der Waals surface area (Å²) in [5, 5.41) is 11.3. The molecule has 7 nitrogen and oxygen atoms in total. The van der Waals surface area contributed by atoms with Gasteiger partial charge in [-0.05, 0) is 52.2 Å². The molecule has 2 aliphatic rings. The van der Waals surface area contributed by atoms with Gasteiger partial charge in [0.25, 0.3) is 0 Å². The fourth-order valence-electron chi connectivity index (χ4n) is 8.76. The maximum Gasteiger partial charge on any atom is 0.164 e. The smallest absolute Gasteiger partial charge is 0.164 e. The number of rotatable bonds is 9. The molecule has 7 heteroatoms. The molecule has 2 aliphatic carbocycles. The van der Waals surface area contributed by atoms with Crippen molar-refractivity contribution in [3.05, 3.63) is 223 Å². The summed E-state index contributed by atoms with van der Waals surface area (Å²) in [6.07, 6.45) is 11.7.